The van der Waals surface area contributed by atoms with E-state index in [0.717, 1.165) is 34.6 Å². The standard InChI is InChI=1S/C14H12O/c1-2-5-11-8-9-12-6-3-4-7-13(12)14(11)10-15/h2-4,6-10H,1,5H2. The van der Waals surface area contributed by atoms with Gasteiger partial charge in [0.1, 0.15) is 0 Å². The van der Waals surface area contributed by atoms with E-state index in [-0.39, 0.29) is 0 Å². The van der Waals surface area contributed by atoms with E-state index in [1.165, 1.54) is 0 Å². The van der Waals surface area contributed by atoms with Crippen molar-refractivity contribution in [3.63, 3.8) is 0 Å². The molecule has 2 rings (SSSR count). The van der Waals surface area contributed by atoms with E-state index in [1.54, 1.807) is 0 Å². The van der Waals surface area contributed by atoms with Gasteiger partial charge in [-0.25, -0.2) is 0 Å². The molecule has 0 saturated heterocycles. The van der Waals surface area contributed by atoms with Crippen LogP contribution in [0.5, 0.6) is 0 Å². The molecule has 0 bridgehead atoms. The molecule has 0 spiro atoms. The zero-order valence-corrected chi connectivity index (χ0v) is 8.44. The number of aldehydes is 1. The van der Waals surface area contributed by atoms with Gasteiger partial charge in [-0.05, 0) is 22.8 Å². The molecule has 0 N–H and O–H groups in total. The van der Waals surface area contributed by atoms with Crippen molar-refractivity contribution in [2.24, 2.45) is 0 Å². The average Bonchev–Trinajstić information content (AvgIpc) is 2.29. The first-order valence-electron chi connectivity index (χ1n) is 4.93. The van der Waals surface area contributed by atoms with Crippen molar-refractivity contribution in [2.45, 2.75) is 6.42 Å². The Bertz CT molecular complexity index is 512. The van der Waals surface area contributed by atoms with Gasteiger partial charge in [0.15, 0.2) is 6.29 Å². The molecule has 0 aliphatic carbocycles. The van der Waals surface area contributed by atoms with E-state index in [0.29, 0.717) is 0 Å². The Morgan fingerprint density at radius 2 is 1.93 bits per heavy atom. The first kappa shape index (κ1) is 9.66. The van der Waals surface area contributed by atoms with Gasteiger partial charge in [0.25, 0.3) is 0 Å². The van der Waals surface area contributed by atoms with Crippen molar-refractivity contribution in [1.82, 2.24) is 0 Å². The van der Waals surface area contributed by atoms with Crippen LogP contribution in [-0.4, -0.2) is 6.29 Å². The molecule has 0 aliphatic rings. The summed E-state index contributed by atoms with van der Waals surface area (Å²) in [5.41, 5.74) is 1.83. The summed E-state index contributed by atoms with van der Waals surface area (Å²) >= 11 is 0. The summed E-state index contributed by atoms with van der Waals surface area (Å²) < 4.78 is 0. The molecule has 74 valence electrons. The highest BCUT2D eigenvalue weighted by Gasteiger charge is 2.04. The molecule has 0 aromatic heterocycles. The molecule has 0 aliphatic heterocycles. The molecule has 0 atom stereocenters. The summed E-state index contributed by atoms with van der Waals surface area (Å²) in [5, 5.41) is 2.12. The Morgan fingerprint density at radius 1 is 1.13 bits per heavy atom. The Hall–Kier alpha value is -1.89. The molecule has 0 fully saturated rings. The maximum absolute atomic E-state index is 11.1. The highest BCUT2D eigenvalue weighted by atomic mass is 16.1. The molecule has 0 saturated carbocycles. The van der Waals surface area contributed by atoms with Gasteiger partial charge in [-0.1, -0.05) is 42.5 Å². The first-order valence-corrected chi connectivity index (χ1v) is 4.93. The van der Waals surface area contributed by atoms with Crippen LogP contribution in [-0.2, 0) is 6.42 Å². The fourth-order valence-corrected chi connectivity index (χ4v) is 1.81. The topological polar surface area (TPSA) is 17.1 Å². The molecular weight excluding hydrogens is 184 g/mol. The van der Waals surface area contributed by atoms with Crippen LogP contribution >= 0.6 is 0 Å². The molecule has 0 amide bonds. The van der Waals surface area contributed by atoms with Crippen LogP contribution in [0.3, 0.4) is 0 Å². The van der Waals surface area contributed by atoms with Crippen LogP contribution in [0, 0.1) is 0 Å². The number of rotatable bonds is 3. The van der Waals surface area contributed by atoms with Crippen molar-refractivity contribution in [3.05, 3.63) is 60.2 Å². The predicted molar refractivity (Wildman–Crippen MR) is 63.2 cm³/mol. The predicted octanol–water partition coefficient (Wildman–Crippen LogP) is 3.38. The fourth-order valence-electron chi connectivity index (χ4n) is 1.81. The molecule has 0 heterocycles. The number of fused-ring (bicyclic) bond motifs is 1. The minimum absolute atomic E-state index is 0.735. The van der Waals surface area contributed by atoms with Crippen molar-refractivity contribution in [3.8, 4) is 0 Å². The van der Waals surface area contributed by atoms with Crippen LogP contribution in [0.1, 0.15) is 15.9 Å². The van der Waals surface area contributed by atoms with Gasteiger partial charge in [-0.15, -0.1) is 6.58 Å². The van der Waals surface area contributed by atoms with Crippen LogP contribution in [0.25, 0.3) is 10.8 Å². The van der Waals surface area contributed by atoms with E-state index in [1.807, 2.05) is 42.5 Å². The summed E-state index contributed by atoms with van der Waals surface area (Å²) in [6.07, 6.45) is 3.48. The number of hydrogen-bond acceptors (Lipinski definition) is 1. The quantitative estimate of drug-likeness (QED) is 0.543. The van der Waals surface area contributed by atoms with Gasteiger partial charge in [0.2, 0.25) is 0 Å². The maximum Gasteiger partial charge on any atom is 0.150 e. The largest absolute Gasteiger partial charge is 0.298 e. The number of benzene rings is 2. The molecular formula is C14H12O. The first-order chi connectivity index (χ1) is 7.36. The molecule has 1 nitrogen and oxygen atoms in total. The van der Waals surface area contributed by atoms with Gasteiger partial charge >= 0.3 is 0 Å². The van der Waals surface area contributed by atoms with E-state index in [9.17, 15) is 4.79 Å². The summed E-state index contributed by atoms with van der Waals surface area (Å²) in [5.74, 6) is 0. The monoisotopic (exact) mass is 196 g/mol. The second-order valence-corrected chi connectivity index (χ2v) is 3.47. The van der Waals surface area contributed by atoms with Gasteiger partial charge in [0, 0.05) is 5.56 Å². The third-order valence-corrected chi connectivity index (χ3v) is 2.54. The lowest BCUT2D eigenvalue weighted by Gasteiger charge is -2.06. The van der Waals surface area contributed by atoms with Crippen molar-refractivity contribution in [2.75, 3.05) is 0 Å². The van der Waals surface area contributed by atoms with Crippen LogP contribution in [0.4, 0.5) is 0 Å². The number of carbonyl (C=O) groups is 1. The van der Waals surface area contributed by atoms with Gasteiger partial charge in [0.05, 0.1) is 0 Å². The zero-order chi connectivity index (χ0) is 10.7. The number of hydrogen-bond donors (Lipinski definition) is 0. The minimum Gasteiger partial charge on any atom is -0.298 e. The Balaban J connectivity index is 2.74. The van der Waals surface area contributed by atoms with Gasteiger partial charge in [-0.3, -0.25) is 4.79 Å². The highest BCUT2D eigenvalue weighted by molar-refractivity contribution is 5.99. The van der Waals surface area contributed by atoms with Gasteiger partial charge in [-0.2, -0.15) is 0 Å². The van der Waals surface area contributed by atoms with Crippen molar-refractivity contribution in [1.29, 1.82) is 0 Å². The average molecular weight is 196 g/mol. The second-order valence-electron chi connectivity index (χ2n) is 3.47. The molecule has 2 aromatic rings. The van der Waals surface area contributed by atoms with Crippen molar-refractivity contribution < 1.29 is 4.79 Å². The molecule has 0 radical (unpaired) electrons. The lowest BCUT2D eigenvalue weighted by molar-refractivity contribution is 0.112. The SMILES string of the molecule is C=CCc1ccc2ccccc2c1C=O. The third kappa shape index (κ3) is 1.68. The minimum atomic E-state index is 0.735. The summed E-state index contributed by atoms with van der Waals surface area (Å²) in [6, 6.07) is 12.0. The smallest absolute Gasteiger partial charge is 0.150 e. The second kappa shape index (κ2) is 4.09. The molecule has 1 heteroatoms. The van der Waals surface area contributed by atoms with E-state index >= 15 is 0 Å². The molecule has 2 aromatic carbocycles. The van der Waals surface area contributed by atoms with Crippen LogP contribution in [0.15, 0.2) is 49.1 Å². The lowest BCUT2D eigenvalue weighted by atomic mass is 9.98. The van der Waals surface area contributed by atoms with Crippen LogP contribution < -0.4 is 0 Å². The summed E-state index contributed by atoms with van der Waals surface area (Å²) in [6.45, 7) is 3.70. The van der Waals surface area contributed by atoms with Gasteiger partial charge < -0.3 is 0 Å². The fraction of sp³-hybridized carbons (Fsp3) is 0.0714. The normalized spacial score (nSPS) is 10.1. The van der Waals surface area contributed by atoms with E-state index in [4.69, 9.17) is 0 Å². The zero-order valence-electron chi connectivity index (χ0n) is 8.44. The molecule has 15 heavy (non-hydrogen) atoms. The highest BCUT2D eigenvalue weighted by Crippen LogP contribution is 2.21. The number of carbonyl (C=O) groups excluding carboxylic acids is 1. The molecule has 0 unspecified atom stereocenters. The van der Waals surface area contributed by atoms with Crippen LogP contribution in [0.2, 0.25) is 0 Å². The van der Waals surface area contributed by atoms with E-state index in [2.05, 4.69) is 6.58 Å². The van der Waals surface area contributed by atoms with Crippen molar-refractivity contribution >= 4 is 17.1 Å². The Labute approximate surface area is 89.0 Å². The maximum atomic E-state index is 11.1. The Kier molecular flexibility index (Phi) is 2.64. The number of allylic oxidation sites excluding steroid dienone is 1. The van der Waals surface area contributed by atoms with E-state index < -0.39 is 0 Å². The summed E-state index contributed by atoms with van der Waals surface area (Å²) in [7, 11) is 0. The summed E-state index contributed by atoms with van der Waals surface area (Å²) in [4.78, 5) is 11.1. The third-order valence-electron chi connectivity index (χ3n) is 2.54. The Morgan fingerprint density at radius 3 is 2.67 bits per heavy atom. The lowest BCUT2D eigenvalue weighted by Crippen LogP contribution is -1.92.